The van der Waals surface area contributed by atoms with Crippen molar-refractivity contribution in [2.75, 3.05) is 6.54 Å². The molecule has 0 saturated heterocycles. The third-order valence-electron chi connectivity index (χ3n) is 2.76. The first-order valence-corrected chi connectivity index (χ1v) is 6.70. The molecule has 94 valence electrons. The molecule has 0 aliphatic heterocycles. The van der Waals surface area contributed by atoms with E-state index in [4.69, 9.17) is 23.2 Å². The van der Waals surface area contributed by atoms with Crippen LogP contribution in [0.4, 0.5) is 0 Å². The summed E-state index contributed by atoms with van der Waals surface area (Å²) in [7, 11) is 0. The Morgan fingerprint density at radius 3 is 2.11 bits per heavy atom. The van der Waals surface area contributed by atoms with Crippen LogP contribution in [0.25, 0.3) is 0 Å². The van der Waals surface area contributed by atoms with Crippen LogP contribution in [0, 0.1) is 0 Å². The smallest absolute Gasteiger partial charge is 0.0577 e. The summed E-state index contributed by atoms with van der Waals surface area (Å²) in [6.45, 7) is 2.96. The van der Waals surface area contributed by atoms with Gasteiger partial charge in [0.1, 0.15) is 0 Å². The van der Waals surface area contributed by atoms with E-state index in [0.29, 0.717) is 10.0 Å². The van der Waals surface area contributed by atoms with Crippen LogP contribution in [0.5, 0.6) is 0 Å². The van der Waals surface area contributed by atoms with Crippen LogP contribution in [0.2, 0.25) is 10.0 Å². The lowest BCUT2D eigenvalue weighted by atomic mass is 9.99. The molecule has 0 aliphatic rings. The van der Waals surface area contributed by atoms with E-state index in [1.54, 1.807) is 6.07 Å². The second kappa shape index (κ2) is 6.24. The Hall–Kier alpha value is -1.02. The molecule has 3 heteroatoms. The van der Waals surface area contributed by atoms with E-state index in [9.17, 15) is 0 Å². The lowest BCUT2D eigenvalue weighted by Crippen LogP contribution is -2.21. The molecular formula is C15H15Cl2N. The van der Waals surface area contributed by atoms with Crippen molar-refractivity contribution in [3.05, 3.63) is 69.7 Å². The van der Waals surface area contributed by atoms with Crippen molar-refractivity contribution in [3.63, 3.8) is 0 Å². The van der Waals surface area contributed by atoms with E-state index in [2.05, 4.69) is 24.4 Å². The largest absolute Gasteiger partial charge is 0.307 e. The van der Waals surface area contributed by atoms with Gasteiger partial charge in [-0.05, 0) is 35.9 Å². The molecule has 0 fully saturated rings. The maximum Gasteiger partial charge on any atom is 0.0577 e. The molecule has 0 bridgehead atoms. The SMILES string of the molecule is CCNC(c1ccccc1)c1cc(Cl)cc(Cl)c1. The fourth-order valence-corrected chi connectivity index (χ4v) is 2.56. The summed E-state index contributed by atoms with van der Waals surface area (Å²) >= 11 is 12.1. The normalized spacial score (nSPS) is 12.4. The summed E-state index contributed by atoms with van der Waals surface area (Å²) in [6, 6.07) is 16.1. The van der Waals surface area contributed by atoms with Gasteiger partial charge in [0.2, 0.25) is 0 Å². The Bertz CT molecular complexity index is 491. The van der Waals surface area contributed by atoms with Crippen molar-refractivity contribution in [1.29, 1.82) is 0 Å². The van der Waals surface area contributed by atoms with Gasteiger partial charge in [-0.25, -0.2) is 0 Å². The van der Waals surface area contributed by atoms with E-state index in [0.717, 1.165) is 12.1 Å². The Labute approximate surface area is 118 Å². The summed E-state index contributed by atoms with van der Waals surface area (Å²) in [5.74, 6) is 0. The van der Waals surface area contributed by atoms with E-state index in [1.165, 1.54) is 5.56 Å². The standard InChI is InChI=1S/C15H15Cl2N/c1-2-18-15(11-6-4-3-5-7-11)12-8-13(16)10-14(17)9-12/h3-10,15,18H,2H2,1H3. The van der Waals surface area contributed by atoms with Crippen LogP contribution in [0.15, 0.2) is 48.5 Å². The molecule has 0 aliphatic carbocycles. The van der Waals surface area contributed by atoms with E-state index in [-0.39, 0.29) is 6.04 Å². The van der Waals surface area contributed by atoms with Crippen molar-refractivity contribution < 1.29 is 0 Å². The monoisotopic (exact) mass is 279 g/mol. The van der Waals surface area contributed by atoms with Crippen LogP contribution >= 0.6 is 23.2 Å². The third-order valence-corrected chi connectivity index (χ3v) is 3.20. The number of benzene rings is 2. The second-order valence-electron chi connectivity index (χ2n) is 4.10. The van der Waals surface area contributed by atoms with Crippen molar-refractivity contribution in [3.8, 4) is 0 Å². The number of hydrogen-bond acceptors (Lipinski definition) is 1. The molecule has 1 N–H and O–H groups in total. The van der Waals surface area contributed by atoms with Gasteiger partial charge < -0.3 is 5.32 Å². The van der Waals surface area contributed by atoms with Gasteiger partial charge in [0, 0.05) is 10.0 Å². The quantitative estimate of drug-likeness (QED) is 0.856. The van der Waals surface area contributed by atoms with Crippen LogP contribution in [0.3, 0.4) is 0 Å². The highest BCUT2D eigenvalue weighted by atomic mass is 35.5. The molecule has 0 saturated carbocycles. The van der Waals surface area contributed by atoms with Gasteiger partial charge >= 0.3 is 0 Å². The van der Waals surface area contributed by atoms with Gasteiger partial charge in [0.05, 0.1) is 6.04 Å². The van der Waals surface area contributed by atoms with Gasteiger partial charge in [0.25, 0.3) is 0 Å². The number of rotatable bonds is 4. The average Bonchev–Trinajstić information content (AvgIpc) is 2.36. The van der Waals surface area contributed by atoms with Crippen molar-refractivity contribution in [2.24, 2.45) is 0 Å². The molecule has 2 aromatic carbocycles. The topological polar surface area (TPSA) is 12.0 Å². The van der Waals surface area contributed by atoms with Crippen LogP contribution in [-0.2, 0) is 0 Å². The van der Waals surface area contributed by atoms with Crippen LogP contribution in [0.1, 0.15) is 24.1 Å². The van der Waals surface area contributed by atoms with Crippen molar-refractivity contribution >= 4 is 23.2 Å². The molecule has 2 rings (SSSR count). The first kappa shape index (κ1) is 13.4. The zero-order valence-corrected chi connectivity index (χ0v) is 11.7. The fourth-order valence-electron chi connectivity index (χ4n) is 2.02. The highest BCUT2D eigenvalue weighted by Gasteiger charge is 2.13. The number of nitrogens with one attached hydrogen (secondary N) is 1. The molecule has 0 spiro atoms. The molecular weight excluding hydrogens is 265 g/mol. The van der Waals surface area contributed by atoms with Gasteiger partial charge in [-0.15, -0.1) is 0 Å². The minimum atomic E-state index is 0.118. The summed E-state index contributed by atoms with van der Waals surface area (Å²) < 4.78 is 0. The van der Waals surface area contributed by atoms with E-state index in [1.807, 2.05) is 30.3 Å². The maximum absolute atomic E-state index is 6.07. The predicted molar refractivity (Wildman–Crippen MR) is 78.4 cm³/mol. The molecule has 18 heavy (non-hydrogen) atoms. The Balaban J connectivity index is 2.41. The molecule has 0 amide bonds. The zero-order chi connectivity index (χ0) is 13.0. The summed E-state index contributed by atoms with van der Waals surface area (Å²) in [5, 5.41) is 4.78. The third kappa shape index (κ3) is 3.26. The first-order chi connectivity index (χ1) is 8.70. The van der Waals surface area contributed by atoms with E-state index < -0.39 is 0 Å². The minimum Gasteiger partial charge on any atom is -0.307 e. The van der Waals surface area contributed by atoms with E-state index >= 15 is 0 Å². The highest BCUT2D eigenvalue weighted by molar-refractivity contribution is 6.34. The average molecular weight is 280 g/mol. The Kier molecular flexibility index (Phi) is 4.65. The first-order valence-electron chi connectivity index (χ1n) is 5.95. The number of halogens is 2. The van der Waals surface area contributed by atoms with Crippen molar-refractivity contribution in [1.82, 2.24) is 5.32 Å². The van der Waals surface area contributed by atoms with Crippen molar-refractivity contribution in [2.45, 2.75) is 13.0 Å². The summed E-state index contributed by atoms with van der Waals surface area (Å²) in [5.41, 5.74) is 2.29. The zero-order valence-electron chi connectivity index (χ0n) is 10.2. The Morgan fingerprint density at radius 2 is 1.56 bits per heavy atom. The van der Waals surface area contributed by atoms with Gasteiger partial charge in [0.15, 0.2) is 0 Å². The predicted octanol–water partition coefficient (Wildman–Crippen LogP) is 4.69. The molecule has 1 nitrogen and oxygen atoms in total. The molecule has 1 unspecified atom stereocenters. The second-order valence-corrected chi connectivity index (χ2v) is 4.98. The fraction of sp³-hybridized carbons (Fsp3) is 0.200. The summed E-state index contributed by atoms with van der Waals surface area (Å²) in [4.78, 5) is 0. The molecule has 2 aromatic rings. The van der Waals surface area contributed by atoms with Gasteiger partial charge in [-0.2, -0.15) is 0 Å². The van der Waals surface area contributed by atoms with Gasteiger partial charge in [-0.3, -0.25) is 0 Å². The molecule has 1 atom stereocenters. The lowest BCUT2D eigenvalue weighted by Gasteiger charge is -2.19. The molecule has 0 heterocycles. The lowest BCUT2D eigenvalue weighted by molar-refractivity contribution is 0.631. The maximum atomic E-state index is 6.07. The number of hydrogen-bond donors (Lipinski definition) is 1. The molecule has 0 radical (unpaired) electrons. The summed E-state index contributed by atoms with van der Waals surface area (Å²) in [6.07, 6.45) is 0. The molecule has 0 aromatic heterocycles. The van der Waals surface area contributed by atoms with Crippen LogP contribution < -0.4 is 5.32 Å². The highest BCUT2D eigenvalue weighted by Crippen LogP contribution is 2.27. The van der Waals surface area contributed by atoms with Crippen LogP contribution in [-0.4, -0.2) is 6.54 Å². The minimum absolute atomic E-state index is 0.118. The van der Waals surface area contributed by atoms with Gasteiger partial charge in [-0.1, -0.05) is 60.5 Å². The Morgan fingerprint density at radius 1 is 0.944 bits per heavy atom.